The second kappa shape index (κ2) is 6.12. The average Bonchev–Trinajstić information content (AvgIpc) is 2.88. The smallest absolute Gasteiger partial charge is 0.0691 e. The largest absolute Gasteiger partial charge is 0.377 e. The second-order valence-corrected chi connectivity index (χ2v) is 6.66. The molecule has 0 radical (unpaired) electrons. The summed E-state index contributed by atoms with van der Waals surface area (Å²) in [5.41, 5.74) is 6.12. The summed E-state index contributed by atoms with van der Waals surface area (Å²) in [6.07, 6.45) is 7.50. The van der Waals surface area contributed by atoms with Crippen molar-refractivity contribution in [3.63, 3.8) is 0 Å². The van der Waals surface area contributed by atoms with Gasteiger partial charge in [0.1, 0.15) is 0 Å². The molecule has 2 N–H and O–H groups in total. The molecule has 0 spiro atoms. The SMILES string of the molecule is NC(CS(=O)CC1CCCO1)C1CCCC1. The summed E-state index contributed by atoms with van der Waals surface area (Å²) in [7, 11) is -0.786. The van der Waals surface area contributed by atoms with Crippen LogP contribution in [0.3, 0.4) is 0 Å². The Balaban J connectivity index is 1.68. The Hall–Kier alpha value is 0.0700. The first-order valence-corrected chi connectivity index (χ1v) is 7.96. The van der Waals surface area contributed by atoms with Crippen LogP contribution in [0, 0.1) is 5.92 Å². The molecule has 3 unspecified atom stereocenters. The Morgan fingerprint density at radius 1 is 1.25 bits per heavy atom. The van der Waals surface area contributed by atoms with Crippen LogP contribution in [0.15, 0.2) is 0 Å². The summed E-state index contributed by atoms with van der Waals surface area (Å²) >= 11 is 0. The highest BCUT2D eigenvalue weighted by atomic mass is 32.2. The van der Waals surface area contributed by atoms with Gasteiger partial charge in [0.15, 0.2) is 0 Å². The highest BCUT2D eigenvalue weighted by Gasteiger charge is 2.25. The summed E-state index contributed by atoms with van der Waals surface area (Å²) in [6, 6.07) is 0.143. The zero-order chi connectivity index (χ0) is 11.4. The lowest BCUT2D eigenvalue weighted by Crippen LogP contribution is -2.35. The summed E-state index contributed by atoms with van der Waals surface area (Å²) in [6.45, 7) is 0.844. The molecule has 4 heteroatoms. The molecule has 94 valence electrons. The normalized spacial score (nSPS) is 30.7. The highest BCUT2D eigenvalue weighted by Crippen LogP contribution is 2.27. The minimum atomic E-state index is -0.786. The predicted molar refractivity (Wildman–Crippen MR) is 66.8 cm³/mol. The van der Waals surface area contributed by atoms with Gasteiger partial charge in [-0.25, -0.2) is 0 Å². The van der Waals surface area contributed by atoms with E-state index in [1.54, 1.807) is 0 Å². The molecule has 1 heterocycles. The van der Waals surface area contributed by atoms with Crippen LogP contribution < -0.4 is 5.73 Å². The van der Waals surface area contributed by atoms with E-state index in [4.69, 9.17) is 10.5 Å². The van der Waals surface area contributed by atoms with Crippen LogP contribution in [-0.4, -0.2) is 34.5 Å². The van der Waals surface area contributed by atoms with E-state index >= 15 is 0 Å². The highest BCUT2D eigenvalue weighted by molar-refractivity contribution is 7.85. The maximum atomic E-state index is 11.9. The number of nitrogens with two attached hydrogens (primary N) is 1. The number of hydrogen-bond acceptors (Lipinski definition) is 3. The third kappa shape index (κ3) is 3.54. The van der Waals surface area contributed by atoms with Crippen LogP contribution in [0.25, 0.3) is 0 Å². The predicted octanol–water partition coefficient (Wildman–Crippen LogP) is 1.43. The van der Waals surface area contributed by atoms with Gasteiger partial charge in [-0.15, -0.1) is 0 Å². The van der Waals surface area contributed by atoms with E-state index in [0.29, 0.717) is 17.4 Å². The van der Waals surface area contributed by atoms with Crippen LogP contribution in [0.2, 0.25) is 0 Å². The van der Waals surface area contributed by atoms with E-state index in [9.17, 15) is 4.21 Å². The Morgan fingerprint density at radius 2 is 2.00 bits per heavy atom. The Bertz CT molecular complexity index is 235. The molecular formula is C12H23NO2S. The molecule has 3 atom stereocenters. The van der Waals surface area contributed by atoms with Gasteiger partial charge >= 0.3 is 0 Å². The van der Waals surface area contributed by atoms with Crippen molar-refractivity contribution >= 4 is 10.8 Å². The maximum absolute atomic E-state index is 11.9. The Labute approximate surface area is 101 Å². The van der Waals surface area contributed by atoms with E-state index in [2.05, 4.69) is 0 Å². The molecule has 0 bridgehead atoms. The fourth-order valence-electron chi connectivity index (χ4n) is 2.79. The summed E-state index contributed by atoms with van der Waals surface area (Å²) < 4.78 is 17.4. The molecule has 0 aromatic carbocycles. The third-order valence-electron chi connectivity index (χ3n) is 3.78. The van der Waals surface area contributed by atoms with E-state index in [0.717, 1.165) is 19.4 Å². The third-order valence-corrected chi connectivity index (χ3v) is 5.28. The van der Waals surface area contributed by atoms with Gasteiger partial charge < -0.3 is 10.5 Å². The van der Waals surface area contributed by atoms with Gasteiger partial charge in [0.2, 0.25) is 0 Å². The molecule has 0 amide bonds. The first-order valence-electron chi connectivity index (χ1n) is 6.48. The monoisotopic (exact) mass is 245 g/mol. The fourth-order valence-corrected chi connectivity index (χ4v) is 4.30. The summed E-state index contributed by atoms with van der Waals surface area (Å²) in [4.78, 5) is 0. The zero-order valence-corrected chi connectivity index (χ0v) is 10.7. The van der Waals surface area contributed by atoms with Crippen LogP contribution in [0.1, 0.15) is 38.5 Å². The van der Waals surface area contributed by atoms with E-state index in [-0.39, 0.29) is 12.1 Å². The fraction of sp³-hybridized carbons (Fsp3) is 1.00. The minimum Gasteiger partial charge on any atom is -0.377 e. The lowest BCUT2D eigenvalue weighted by molar-refractivity contribution is 0.128. The van der Waals surface area contributed by atoms with Crippen molar-refractivity contribution in [2.45, 2.75) is 50.7 Å². The van der Waals surface area contributed by atoms with Crippen LogP contribution in [0.4, 0.5) is 0 Å². The Morgan fingerprint density at radius 3 is 2.62 bits per heavy atom. The second-order valence-electron chi connectivity index (χ2n) is 5.12. The average molecular weight is 245 g/mol. The molecule has 1 aliphatic heterocycles. The van der Waals surface area contributed by atoms with Crippen molar-refractivity contribution in [2.75, 3.05) is 18.1 Å². The maximum Gasteiger partial charge on any atom is 0.0691 e. The molecular weight excluding hydrogens is 222 g/mol. The van der Waals surface area contributed by atoms with Crippen LogP contribution in [-0.2, 0) is 15.5 Å². The summed E-state index contributed by atoms with van der Waals surface area (Å²) in [5.74, 6) is 1.98. The van der Waals surface area contributed by atoms with Gasteiger partial charge in [-0.1, -0.05) is 12.8 Å². The van der Waals surface area contributed by atoms with Gasteiger partial charge in [-0.2, -0.15) is 0 Å². The van der Waals surface area contributed by atoms with Crippen LogP contribution >= 0.6 is 0 Å². The van der Waals surface area contributed by atoms with Crippen molar-refractivity contribution < 1.29 is 8.95 Å². The Kier molecular flexibility index (Phi) is 4.79. The lowest BCUT2D eigenvalue weighted by Gasteiger charge is -2.19. The zero-order valence-electron chi connectivity index (χ0n) is 9.90. The van der Waals surface area contributed by atoms with Gasteiger partial charge in [-0.05, 0) is 31.6 Å². The molecule has 2 rings (SSSR count). The van der Waals surface area contributed by atoms with Crippen molar-refractivity contribution in [1.82, 2.24) is 0 Å². The van der Waals surface area contributed by atoms with E-state index < -0.39 is 10.8 Å². The lowest BCUT2D eigenvalue weighted by atomic mass is 10.0. The molecule has 16 heavy (non-hydrogen) atoms. The molecule has 1 saturated carbocycles. The van der Waals surface area contributed by atoms with Gasteiger partial charge in [0.05, 0.1) is 6.10 Å². The van der Waals surface area contributed by atoms with Crippen LogP contribution in [0.5, 0.6) is 0 Å². The molecule has 2 fully saturated rings. The minimum absolute atomic E-state index is 0.143. The van der Waals surface area contributed by atoms with Crippen molar-refractivity contribution in [2.24, 2.45) is 11.7 Å². The summed E-state index contributed by atoms with van der Waals surface area (Å²) in [5, 5.41) is 0. The molecule has 1 aliphatic carbocycles. The quantitative estimate of drug-likeness (QED) is 0.797. The number of rotatable bonds is 5. The van der Waals surface area contributed by atoms with E-state index in [1.165, 1.54) is 25.7 Å². The number of ether oxygens (including phenoxy) is 1. The van der Waals surface area contributed by atoms with Crippen molar-refractivity contribution in [3.8, 4) is 0 Å². The topological polar surface area (TPSA) is 52.3 Å². The first-order chi connectivity index (χ1) is 7.75. The van der Waals surface area contributed by atoms with Gasteiger partial charge in [0, 0.05) is 35.0 Å². The van der Waals surface area contributed by atoms with Gasteiger partial charge in [0.25, 0.3) is 0 Å². The first kappa shape index (κ1) is 12.5. The molecule has 1 saturated heterocycles. The van der Waals surface area contributed by atoms with Gasteiger partial charge in [-0.3, -0.25) is 4.21 Å². The molecule has 0 aromatic heterocycles. The molecule has 2 aliphatic rings. The van der Waals surface area contributed by atoms with E-state index in [1.807, 2.05) is 0 Å². The molecule has 0 aromatic rings. The van der Waals surface area contributed by atoms with Crippen molar-refractivity contribution in [1.29, 1.82) is 0 Å². The number of hydrogen-bond donors (Lipinski definition) is 1. The van der Waals surface area contributed by atoms with Crippen molar-refractivity contribution in [3.05, 3.63) is 0 Å². The molecule has 3 nitrogen and oxygen atoms in total. The standard InChI is InChI=1S/C12H23NO2S/c13-12(10-4-1-2-5-10)9-16(14)8-11-6-3-7-15-11/h10-12H,1-9,13H2.